The largest absolute Gasteiger partial charge is 0.468 e. The van der Waals surface area contributed by atoms with Crippen molar-refractivity contribution in [3.63, 3.8) is 0 Å². The quantitative estimate of drug-likeness (QED) is 0.731. The van der Waals surface area contributed by atoms with Crippen molar-refractivity contribution < 1.29 is 18.3 Å². The van der Waals surface area contributed by atoms with E-state index in [1.807, 2.05) is 0 Å². The minimum absolute atomic E-state index is 0.319. The first-order valence-electron chi connectivity index (χ1n) is 4.90. The highest BCUT2D eigenvalue weighted by atomic mass is 19.2. The van der Waals surface area contributed by atoms with Crippen molar-refractivity contribution in [3.05, 3.63) is 34.9 Å². The molecule has 1 aliphatic rings. The van der Waals surface area contributed by atoms with Crippen LogP contribution in [0.15, 0.2) is 12.1 Å². The number of fused-ring (bicyclic) bond motifs is 1. The van der Waals surface area contributed by atoms with Gasteiger partial charge >= 0.3 is 5.97 Å². The highest BCUT2D eigenvalue weighted by molar-refractivity contribution is 5.76. The van der Waals surface area contributed by atoms with Gasteiger partial charge in [-0.2, -0.15) is 0 Å². The summed E-state index contributed by atoms with van der Waals surface area (Å²) in [5.41, 5.74) is 1.33. The maximum atomic E-state index is 13.0. The molecule has 5 heteroatoms. The molecule has 0 bridgehead atoms. The lowest BCUT2D eigenvalue weighted by Crippen LogP contribution is -2.42. The number of rotatable bonds is 1. The van der Waals surface area contributed by atoms with Gasteiger partial charge in [-0.15, -0.1) is 0 Å². The molecule has 0 saturated heterocycles. The summed E-state index contributed by atoms with van der Waals surface area (Å²) < 4.78 is 30.5. The van der Waals surface area contributed by atoms with Crippen molar-refractivity contribution in [2.45, 2.75) is 19.0 Å². The van der Waals surface area contributed by atoms with Gasteiger partial charge in [-0.1, -0.05) is 0 Å². The Balaban J connectivity index is 2.27. The lowest BCUT2D eigenvalue weighted by Gasteiger charge is -2.24. The van der Waals surface area contributed by atoms with Gasteiger partial charge in [-0.25, -0.2) is 8.78 Å². The van der Waals surface area contributed by atoms with E-state index >= 15 is 0 Å². The number of halogens is 2. The fraction of sp³-hybridized carbons (Fsp3) is 0.364. The Kier molecular flexibility index (Phi) is 2.87. The topological polar surface area (TPSA) is 38.3 Å². The summed E-state index contributed by atoms with van der Waals surface area (Å²) in [6.07, 6.45) is 0.319. The maximum absolute atomic E-state index is 13.0. The van der Waals surface area contributed by atoms with Gasteiger partial charge in [0.25, 0.3) is 0 Å². The molecule has 1 aromatic carbocycles. The predicted molar refractivity (Wildman–Crippen MR) is 52.7 cm³/mol. The highest BCUT2D eigenvalue weighted by Gasteiger charge is 2.25. The molecule has 0 radical (unpaired) electrons. The number of methoxy groups -OCH3 is 1. The molecule has 2 rings (SSSR count). The van der Waals surface area contributed by atoms with Gasteiger partial charge < -0.3 is 10.1 Å². The minimum atomic E-state index is -0.885. The zero-order chi connectivity index (χ0) is 11.7. The Morgan fingerprint density at radius 1 is 1.38 bits per heavy atom. The molecule has 0 aliphatic carbocycles. The molecule has 0 spiro atoms. The second-order valence-electron chi connectivity index (χ2n) is 3.70. The third-order valence-corrected chi connectivity index (χ3v) is 2.69. The van der Waals surface area contributed by atoms with Gasteiger partial charge in [0, 0.05) is 6.54 Å². The van der Waals surface area contributed by atoms with Crippen molar-refractivity contribution in [2.75, 3.05) is 7.11 Å². The lowest BCUT2D eigenvalue weighted by atomic mass is 9.95. The van der Waals surface area contributed by atoms with E-state index < -0.39 is 23.6 Å². The first kappa shape index (κ1) is 11.0. The summed E-state index contributed by atoms with van der Waals surface area (Å²) >= 11 is 0. The predicted octanol–water partition coefficient (Wildman–Crippen LogP) is 1.15. The smallest absolute Gasteiger partial charge is 0.323 e. The Morgan fingerprint density at radius 2 is 2.00 bits per heavy atom. The average molecular weight is 227 g/mol. The zero-order valence-corrected chi connectivity index (χ0v) is 8.72. The second-order valence-corrected chi connectivity index (χ2v) is 3.70. The standard InChI is InChI=1S/C11H11F2NO2/c1-16-11(15)10-4-6-2-8(12)9(13)3-7(6)5-14-10/h2-3,10,14H,4-5H2,1H3/t10-/m0/s1. The number of benzene rings is 1. The third-order valence-electron chi connectivity index (χ3n) is 2.69. The van der Waals surface area contributed by atoms with E-state index in [4.69, 9.17) is 0 Å². The van der Waals surface area contributed by atoms with Gasteiger partial charge in [0.05, 0.1) is 7.11 Å². The fourth-order valence-corrected chi connectivity index (χ4v) is 1.82. The van der Waals surface area contributed by atoms with Crippen molar-refractivity contribution in [1.29, 1.82) is 0 Å². The van der Waals surface area contributed by atoms with Crippen molar-refractivity contribution >= 4 is 5.97 Å². The SMILES string of the molecule is COC(=O)[C@@H]1Cc2cc(F)c(F)cc2CN1. The van der Waals surface area contributed by atoms with Gasteiger partial charge in [-0.3, -0.25) is 4.79 Å². The first-order valence-corrected chi connectivity index (χ1v) is 4.90. The Morgan fingerprint density at radius 3 is 2.62 bits per heavy atom. The van der Waals surface area contributed by atoms with Gasteiger partial charge in [-0.05, 0) is 29.7 Å². The number of nitrogens with one attached hydrogen (secondary N) is 1. The van der Waals surface area contributed by atoms with Crippen LogP contribution < -0.4 is 5.32 Å². The molecule has 0 amide bonds. The maximum Gasteiger partial charge on any atom is 0.323 e. The van der Waals surface area contributed by atoms with Crippen molar-refractivity contribution in [3.8, 4) is 0 Å². The molecule has 1 atom stereocenters. The summed E-state index contributed by atoms with van der Waals surface area (Å²) in [5, 5.41) is 2.91. The molecule has 1 aromatic rings. The first-order chi connectivity index (χ1) is 7.61. The van der Waals surface area contributed by atoms with E-state index in [-0.39, 0.29) is 0 Å². The summed E-state index contributed by atoms with van der Waals surface area (Å²) in [5.74, 6) is -2.14. The molecular weight excluding hydrogens is 216 g/mol. The Bertz CT molecular complexity index is 434. The van der Waals surface area contributed by atoms with E-state index in [0.717, 1.165) is 12.1 Å². The van der Waals surface area contributed by atoms with Crippen LogP contribution in [0, 0.1) is 11.6 Å². The Labute approximate surface area is 91.4 Å². The number of carbonyl (C=O) groups excluding carboxylic acids is 1. The van der Waals surface area contributed by atoms with Crippen molar-refractivity contribution in [1.82, 2.24) is 5.32 Å². The van der Waals surface area contributed by atoms with Crippen molar-refractivity contribution in [2.24, 2.45) is 0 Å². The molecule has 3 nitrogen and oxygen atoms in total. The summed E-state index contributed by atoms with van der Waals surface area (Å²) in [7, 11) is 1.30. The van der Waals surface area contributed by atoms with Crippen LogP contribution >= 0.6 is 0 Å². The van der Waals surface area contributed by atoms with Gasteiger partial charge in [0.15, 0.2) is 11.6 Å². The van der Waals surface area contributed by atoms with E-state index in [0.29, 0.717) is 24.1 Å². The molecule has 0 saturated carbocycles. The lowest BCUT2D eigenvalue weighted by molar-refractivity contribution is -0.143. The normalized spacial score (nSPS) is 19.1. The van der Waals surface area contributed by atoms with Crippen LogP contribution in [0.5, 0.6) is 0 Å². The summed E-state index contributed by atoms with van der Waals surface area (Å²) in [4.78, 5) is 11.3. The van der Waals surface area contributed by atoms with Crippen LogP contribution in [-0.2, 0) is 22.5 Å². The van der Waals surface area contributed by atoms with Crippen LogP contribution in [0.4, 0.5) is 8.78 Å². The molecule has 16 heavy (non-hydrogen) atoms. The van der Waals surface area contributed by atoms with Gasteiger partial charge in [0.2, 0.25) is 0 Å². The van der Waals surface area contributed by atoms with Crippen LogP contribution in [0.1, 0.15) is 11.1 Å². The average Bonchev–Trinajstić information content (AvgIpc) is 2.29. The summed E-state index contributed by atoms with van der Waals surface area (Å²) in [6, 6.07) is 1.81. The molecule has 1 N–H and O–H groups in total. The molecular formula is C11H11F2NO2. The van der Waals surface area contributed by atoms with Crippen LogP contribution in [0.3, 0.4) is 0 Å². The number of esters is 1. The minimum Gasteiger partial charge on any atom is -0.468 e. The van der Waals surface area contributed by atoms with Gasteiger partial charge in [0.1, 0.15) is 6.04 Å². The van der Waals surface area contributed by atoms with Crippen LogP contribution in [-0.4, -0.2) is 19.1 Å². The highest BCUT2D eigenvalue weighted by Crippen LogP contribution is 2.20. The molecule has 86 valence electrons. The second kappa shape index (κ2) is 4.17. The van der Waals surface area contributed by atoms with E-state index in [9.17, 15) is 13.6 Å². The number of carbonyl (C=O) groups is 1. The monoisotopic (exact) mass is 227 g/mol. The molecule has 1 heterocycles. The van der Waals surface area contributed by atoms with E-state index in [1.165, 1.54) is 7.11 Å². The van der Waals surface area contributed by atoms with Crippen LogP contribution in [0.2, 0.25) is 0 Å². The Hall–Kier alpha value is -1.49. The number of hydrogen-bond donors (Lipinski definition) is 1. The van der Waals surface area contributed by atoms with E-state index in [2.05, 4.69) is 10.1 Å². The fourth-order valence-electron chi connectivity index (χ4n) is 1.82. The summed E-state index contributed by atoms with van der Waals surface area (Å²) in [6.45, 7) is 0.340. The zero-order valence-electron chi connectivity index (χ0n) is 8.72. The molecule has 1 aliphatic heterocycles. The third kappa shape index (κ3) is 1.90. The number of hydrogen-bond acceptors (Lipinski definition) is 3. The molecule has 0 fully saturated rings. The molecule has 0 aromatic heterocycles. The van der Waals surface area contributed by atoms with Crippen LogP contribution in [0.25, 0.3) is 0 Å². The number of ether oxygens (including phenoxy) is 1. The van der Waals surface area contributed by atoms with E-state index in [1.54, 1.807) is 0 Å². The molecule has 0 unspecified atom stereocenters.